The minimum atomic E-state index is -0.300. The molecule has 1 aliphatic rings. The Morgan fingerprint density at radius 3 is 2.75 bits per heavy atom. The van der Waals surface area contributed by atoms with Crippen LogP contribution >= 0.6 is 22.9 Å². The van der Waals surface area contributed by atoms with Crippen molar-refractivity contribution in [2.45, 2.75) is 50.6 Å². The number of thiophene rings is 1. The van der Waals surface area contributed by atoms with Crippen LogP contribution in [0.25, 0.3) is 0 Å². The van der Waals surface area contributed by atoms with Crippen molar-refractivity contribution in [2.24, 2.45) is 0 Å². The summed E-state index contributed by atoms with van der Waals surface area (Å²) in [5, 5.41) is 14.7. The van der Waals surface area contributed by atoms with Gasteiger partial charge in [0.15, 0.2) is 0 Å². The van der Waals surface area contributed by atoms with Gasteiger partial charge in [-0.2, -0.15) is 12.1 Å². The molecule has 1 saturated heterocycles. The third-order valence-corrected chi connectivity index (χ3v) is 6.15. The molecule has 2 unspecified atom stereocenters. The zero-order valence-corrected chi connectivity index (χ0v) is 20.8. The summed E-state index contributed by atoms with van der Waals surface area (Å²) < 4.78 is 5.86. The average molecular weight is 497 g/mol. The first-order chi connectivity index (χ1) is 12.8. The van der Waals surface area contributed by atoms with Crippen molar-refractivity contribution in [1.82, 2.24) is 0 Å². The van der Waals surface area contributed by atoms with Crippen molar-refractivity contribution in [3.8, 4) is 0 Å². The van der Waals surface area contributed by atoms with Crippen molar-refractivity contribution >= 4 is 34.3 Å². The van der Waals surface area contributed by atoms with Crippen LogP contribution in [-0.4, -0.2) is 29.5 Å². The molecule has 1 aromatic carbocycles. The van der Waals surface area contributed by atoms with Gasteiger partial charge in [-0.3, -0.25) is 21.5 Å². The Morgan fingerprint density at radius 1 is 1.39 bits per heavy atom. The Bertz CT molecular complexity index is 795. The smallest absolute Gasteiger partial charge is 0.292 e. The van der Waals surface area contributed by atoms with Gasteiger partial charge in [0.1, 0.15) is 5.69 Å². The predicted molar refractivity (Wildman–Crippen MR) is 110 cm³/mol. The summed E-state index contributed by atoms with van der Waals surface area (Å²) in [5.74, 6) is 0. The largest absolute Gasteiger partial charge is 0.387 e. The number of nitro groups is 1. The normalized spacial score (nSPS) is 19.5. The first-order valence-corrected chi connectivity index (χ1v) is 10.2. The minimum absolute atomic E-state index is 0. The summed E-state index contributed by atoms with van der Waals surface area (Å²) in [5.41, 5.74) is 1.55. The summed E-state index contributed by atoms with van der Waals surface area (Å²) >= 11 is 8.05. The van der Waals surface area contributed by atoms with E-state index >= 15 is 0 Å². The Balaban J connectivity index is 0.00000280. The number of nitrogens with zero attached hydrogens (tertiary/aromatic N) is 2. The first-order valence-electron chi connectivity index (χ1n) is 8.99. The van der Waals surface area contributed by atoms with Gasteiger partial charge in [0.2, 0.25) is 0 Å². The molecule has 0 N–H and O–H groups in total. The first kappa shape index (κ1) is 23.7. The summed E-state index contributed by atoms with van der Waals surface area (Å²) in [7, 11) is 0. The van der Waals surface area contributed by atoms with E-state index in [-0.39, 0.29) is 60.2 Å². The Hall–Kier alpha value is -0.526. The van der Waals surface area contributed by atoms with Crippen LogP contribution < -0.4 is 4.90 Å². The molecule has 0 spiro atoms. The number of anilines is 1. The number of hydrogen-bond donors (Lipinski definition) is 0. The monoisotopic (exact) mass is 496 g/mol. The summed E-state index contributed by atoms with van der Waals surface area (Å²) in [6, 6.07) is 9.28. The van der Waals surface area contributed by atoms with E-state index in [1.54, 1.807) is 6.07 Å². The summed E-state index contributed by atoms with van der Waals surface area (Å²) in [4.78, 5) is 14.6. The SMILES string of the molecule is CC(C)(C)c1ccc(N2CCC(Cl)C2COCc2cc[c-]s2)c([N+](=O)[O-])c1.[Y]. The number of alkyl halides is 1. The zero-order chi connectivity index (χ0) is 19.6. The molecule has 0 amide bonds. The van der Waals surface area contributed by atoms with Gasteiger partial charge in [0.25, 0.3) is 5.69 Å². The second kappa shape index (κ2) is 9.99. The molecule has 5 nitrogen and oxygen atoms in total. The number of ether oxygens (including phenoxy) is 1. The molecule has 1 aliphatic heterocycles. The van der Waals surface area contributed by atoms with Crippen molar-refractivity contribution in [3.63, 3.8) is 0 Å². The fourth-order valence-corrected chi connectivity index (χ4v) is 4.19. The standard InChI is InChI=1S/C20H24ClN2O3S.Y/c1-20(2,3)14-6-7-17(18(11-14)23(24)25)22-9-8-16(21)19(22)13-26-12-15-5-4-10-27-15;/h4-7,11,16,19H,8-9,12-13H2,1-3H3;/q-1;. The van der Waals surface area contributed by atoms with Crippen molar-refractivity contribution in [3.05, 3.63) is 56.3 Å². The van der Waals surface area contributed by atoms with Crippen molar-refractivity contribution in [1.29, 1.82) is 0 Å². The van der Waals surface area contributed by atoms with Gasteiger partial charge in [0, 0.05) is 51.9 Å². The molecule has 0 bridgehead atoms. The minimum Gasteiger partial charge on any atom is -0.387 e. The maximum Gasteiger partial charge on any atom is 0.292 e. The molecule has 0 aliphatic carbocycles. The van der Waals surface area contributed by atoms with Crippen molar-refractivity contribution in [2.75, 3.05) is 18.1 Å². The maximum atomic E-state index is 11.7. The van der Waals surface area contributed by atoms with E-state index < -0.39 is 0 Å². The quantitative estimate of drug-likeness (QED) is 0.240. The average Bonchev–Trinajstić information content (AvgIpc) is 3.24. The van der Waals surface area contributed by atoms with Gasteiger partial charge in [-0.25, -0.2) is 0 Å². The third kappa shape index (κ3) is 5.54. The Morgan fingerprint density at radius 2 is 2.14 bits per heavy atom. The molecule has 1 radical (unpaired) electrons. The maximum absolute atomic E-state index is 11.7. The van der Waals surface area contributed by atoms with Crippen LogP contribution in [0.4, 0.5) is 11.4 Å². The molecule has 28 heavy (non-hydrogen) atoms. The van der Waals surface area contributed by atoms with E-state index in [0.29, 0.717) is 25.4 Å². The van der Waals surface area contributed by atoms with Crippen LogP contribution in [-0.2, 0) is 49.5 Å². The molecule has 8 heteroatoms. The third-order valence-electron chi connectivity index (χ3n) is 4.87. The zero-order valence-electron chi connectivity index (χ0n) is 16.4. The van der Waals surface area contributed by atoms with E-state index in [1.807, 2.05) is 29.2 Å². The molecule has 0 saturated carbocycles. The van der Waals surface area contributed by atoms with E-state index in [1.165, 1.54) is 11.3 Å². The van der Waals surface area contributed by atoms with Gasteiger partial charge in [-0.1, -0.05) is 26.8 Å². The molecule has 2 aromatic rings. The molecule has 2 heterocycles. The molecular weight excluding hydrogens is 473 g/mol. The number of rotatable bonds is 6. The van der Waals surface area contributed by atoms with Crippen LogP contribution in [0.15, 0.2) is 30.3 Å². The second-order valence-electron chi connectivity index (χ2n) is 7.81. The van der Waals surface area contributed by atoms with E-state index in [2.05, 4.69) is 26.2 Å². The molecule has 149 valence electrons. The molecule has 1 aromatic heterocycles. The van der Waals surface area contributed by atoms with Crippen LogP contribution in [0.5, 0.6) is 0 Å². The number of hydrogen-bond acceptors (Lipinski definition) is 5. The van der Waals surface area contributed by atoms with Gasteiger partial charge in [-0.15, -0.1) is 21.9 Å². The van der Waals surface area contributed by atoms with E-state index in [4.69, 9.17) is 16.3 Å². The molecule has 3 rings (SSSR count). The fraction of sp³-hybridized carbons (Fsp3) is 0.500. The molecular formula is C20H24ClN2O3SY-. The van der Waals surface area contributed by atoms with Gasteiger partial charge >= 0.3 is 0 Å². The summed E-state index contributed by atoms with van der Waals surface area (Å²) in [6.45, 7) is 7.78. The topological polar surface area (TPSA) is 55.6 Å². The van der Waals surface area contributed by atoms with Gasteiger partial charge < -0.3 is 9.64 Å². The number of halogens is 1. The second-order valence-corrected chi connectivity index (χ2v) is 9.34. The predicted octanol–water partition coefficient (Wildman–Crippen LogP) is 5.15. The number of benzene rings is 1. The van der Waals surface area contributed by atoms with Crippen LogP contribution in [0.2, 0.25) is 0 Å². The summed E-state index contributed by atoms with van der Waals surface area (Å²) in [6.07, 6.45) is 0.778. The Kier molecular flexibility index (Phi) is 8.47. The van der Waals surface area contributed by atoms with Gasteiger partial charge in [0.05, 0.1) is 22.9 Å². The molecule has 1 fully saturated rings. The van der Waals surface area contributed by atoms with Crippen LogP contribution in [0, 0.1) is 15.5 Å². The van der Waals surface area contributed by atoms with Gasteiger partial charge in [-0.05, 0) is 23.5 Å². The van der Waals surface area contributed by atoms with Crippen LogP contribution in [0.1, 0.15) is 37.6 Å². The van der Waals surface area contributed by atoms with E-state index in [9.17, 15) is 10.1 Å². The molecule has 2 atom stereocenters. The van der Waals surface area contributed by atoms with Crippen molar-refractivity contribution < 1.29 is 42.4 Å². The van der Waals surface area contributed by atoms with E-state index in [0.717, 1.165) is 16.9 Å². The Labute approximate surface area is 200 Å². The fourth-order valence-electron chi connectivity index (χ4n) is 3.32. The van der Waals surface area contributed by atoms with Crippen LogP contribution in [0.3, 0.4) is 0 Å². The number of nitro benzene ring substituents is 1.